The van der Waals surface area contributed by atoms with E-state index in [0.29, 0.717) is 17.3 Å². The summed E-state index contributed by atoms with van der Waals surface area (Å²) >= 11 is 1.31. The van der Waals surface area contributed by atoms with Gasteiger partial charge in [-0.3, -0.25) is 9.59 Å². The first kappa shape index (κ1) is 23.1. The minimum atomic E-state index is -0.564. The van der Waals surface area contributed by atoms with Gasteiger partial charge in [-0.1, -0.05) is 89.6 Å². The number of nitrogens with one attached hydrogen (secondary N) is 1. The number of thioether (sulfide) groups is 1. The smallest absolute Gasteiger partial charge is 0.262 e. The highest BCUT2D eigenvalue weighted by Crippen LogP contribution is 2.38. The Labute approximate surface area is 209 Å². The second kappa shape index (κ2) is 9.88. The van der Waals surface area contributed by atoms with E-state index < -0.39 is 5.25 Å². The second-order valence-electron chi connectivity index (χ2n) is 8.85. The predicted molar refractivity (Wildman–Crippen MR) is 142 cm³/mol. The van der Waals surface area contributed by atoms with Crippen LogP contribution in [0.25, 0.3) is 0 Å². The minimum absolute atomic E-state index is 0.0583. The van der Waals surface area contributed by atoms with Crippen LogP contribution in [-0.4, -0.2) is 33.0 Å². The molecule has 0 bridgehead atoms. The lowest BCUT2D eigenvalue weighted by Crippen LogP contribution is -2.25. The van der Waals surface area contributed by atoms with E-state index in [0.717, 1.165) is 22.4 Å². The summed E-state index contributed by atoms with van der Waals surface area (Å²) < 4.78 is 0. The topological polar surface area (TPSA) is 74.1 Å². The van der Waals surface area contributed by atoms with Crippen molar-refractivity contribution in [2.75, 3.05) is 5.32 Å². The van der Waals surface area contributed by atoms with Crippen molar-refractivity contribution in [2.24, 2.45) is 10.1 Å². The third-order valence-corrected chi connectivity index (χ3v) is 7.25. The quantitative estimate of drug-likeness (QED) is 0.523. The van der Waals surface area contributed by atoms with Gasteiger partial charge in [0.1, 0.15) is 5.25 Å². The third-order valence-electron chi connectivity index (χ3n) is 6.11. The lowest BCUT2D eigenvalue weighted by Gasteiger charge is -2.23. The van der Waals surface area contributed by atoms with Gasteiger partial charge in [0.15, 0.2) is 5.17 Å². The van der Waals surface area contributed by atoms with Crippen molar-refractivity contribution in [1.29, 1.82) is 0 Å². The second-order valence-corrected chi connectivity index (χ2v) is 10.0. The molecule has 5 rings (SSSR count). The fraction of sp³-hybridized carbons (Fsp3) is 0.214. The van der Waals surface area contributed by atoms with E-state index in [1.807, 2.05) is 54.4 Å². The van der Waals surface area contributed by atoms with Crippen molar-refractivity contribution in [1.82, 2.24) is 5.01 Å². The van der Waals surface area contributed by atoms with Gasteiger partial charge in [-0.2, -0.15) is 10.1 Å². The third kappa shape index (κ3) is 5.20. The number of anilines is 1. The number of benzene rings is 3. The average Bonchev–Trinajstić information content (AvgIpc) is 3.46. The molecule has 0 aromatic heterocycles. The minimum Gasteiger partial charge on any atom is -0.326 e. The number of rotatable bonds is 5. The van der Waals surface area contributed by atoms with Crippen molar-refractivity contribution in [3.05, 3.63) is 101 Å². The Morgan fingerprint density at radius 2 is 1.63 bits per heavy atom. The van der Waals surface area contributed by atoms with E-state index in [9.17, 15) is 9.59 Å². The highest BCUT2D eigenvalue weighted by Gasteiger charge is 2.39. The molecule has 6 nitrogen and oxygen atoms in total. The largest absolute Gasteiger partial charge is 0.326 e. The summed E-state index contributed by atoms with van der Waals surface area (Å²) in [7, 11) is 0. The van der Waals surface area contributed by atoms with Crippen molar-refractivity contribution in [2.45, 2.75) is 38.0 Å². The Hall–Kier alpha value is -3.71. The van der Waals surface area contributed by atoms with Gasteiger partial charge in [0.05, 0.1) is 11.8 Å². The molecule has 2 aliphatic rings. The van der Waals surface area contributed by atoms with Crippen LogP contribution in [0.1, 0.15) is 41.1 Å². The van der Waals surface area contributed by atoms with Gasteiger partial charge in [0.2, 0.25) is 5.91 Å². The normalized spacial score (nSPS) is 19.5. The van der Waals surface area contributed by atoms with E-state index in [4.69, 9.17) is 5.10 Å². The predicted octanol–water partition coefficient (Wildman–Crippen LogP) is 5.48. The number of amidine groups is 1. The number of hydrazone groups is 1. The highest BCUT2D eigenvalue weighted by atomic mass is 32.2. The standard InChI is InChI=1S/C28H26N4O2S/c1-18-8-12-20(13-9-18)23-16-24(21-6-4-3-5-7-21)32(31-23)28-30-27(34)25(35-28)17-26(33)29-22-14-10-19(2)11-15-22/h3-15,24-25H,16-17H2,1-2H3,(H,29,33)/t24-,25-/m0/s1. The highest BCUT2D eigenvalue weighted by molar-refractivity contribution is 8.15. The Morgan fingerprint density at radius 3 is 2.31 bits per heavy atom. The van der Waals surface area contributed by atoms with Gasteiger partial charge < -0.3 is 5.32 Å². The van der Waals surface area contributed by atoms with Gasteiger partial charge in [-0.15, -0.1) is 0 Å². The molecular weight excluding hydrogens is 456 g/mol. The first-order chi connectivity index (χ1) is 17.0. The van der Waals surface area contributed by atoms with Gasteiger partial charge in [-0.25, -0.2) is 5.01 Å². The van der Waals surface area contributed by atoms with Crippen LogP contribution >= 0.6 is 11.8 Å². The van der Waals surface area contributed by atoms with Gasteiger partial charge in [-0.05, 0) is 37.1 Å². The van der Waals surface area contributed by atoms with Crippen LogP contribution in [0, 0.1) is 13.8 Å². The Bertz CT molecular complexity index is 1300. The van der Waals surface area contributed by atoms with E-state index in [1.165, 1.54) is 17.3 Å². The molecule has 2 aliphatic heterocycles. The average molecular weight is 483 g/mol. The Balaban J connectivity index is 1.33. The summed E-state index contributed by atoms with van der Waals surface area (Å²) in [5, 5.41) is 9.60. The molecule has 0 saturated carbocycles. The number of carbonyl (C=O) groups is 2. The maximum Gasteiger partial charge on any atom is 0.262 e. The molecule has 0 unspecified atom stereocenters. The zero-order valence-electron chi connectivity index (χ0n) is 19.6. The van der Waals surface area contributed by atoms with E-state index in [2.05, 4.69) is 53.6 Å². The summed E-state index contributed by atoms with van der Waals surface area (Å²) in [6, 6.07) is 26.0. The SMILES string of the molecule is Cc1ccc(NC(=O)C[C@@H]2SC(N3N=C(c4ccc(C)cc4)C[C@H]3c3ccccc3)=NC2=O)cc1. The molecule has 0 fully saturated rings. The molecule has 2 heterocycles. The van der Waals surface area contributed by atoms with Crippen molar-refractivity contribution in [3.63, 3.8) is 0 Å². The van der Waals surface area contributed by atoms with Crippen LogP contribution in [0.5, 0.6) is 0 Å². The fourth-order valence-electron chi connectivity index (χ4n) is 4.16. The zero-order valence-corrected chi connectivity index (χ0v) is 20.5. The summed E-state index contributed by atoms with van der Waals surface area (Å²) in [4.78, 5) is 29.7. The number of nitrogens with zero attached hydrogens (tertiary/aromatic N) is 3. The molecule has 0 aliphatic carbocycles. The van der Waals surface area contributed by atoms with Crippen LogP contribution in [0.2, 0.25) is 0 Å². The number of amides is 2. The van der Waals surface area contributed by atoms with E-state index in [-0.39, 0.29) is 24.3 Å². The fourth-order valence-corrected chi connectivity index (χ4v) is 5.23. The van der Waals surface area contributed by atoms with Crippen LogP contribution < -0.4 is 5.32 Å². The zero-order chi connectivity index (χ0) is 24.4. The number of hydrogen-bond donors (Lipinski definition) is 1. The van der Waals surface area contributed by atoms with E-state index >= 15 is 0 Å². The number of carbonyl (C=O) groups excluding carboxylic acids is 2. The summed E-state index contributed by atoms with van der Waals surface area (Å²) in [6.07, 6.45) is 0.766. The lowest BCUT2D eigenvalue weighted by atomic mass is 9.98. The van der Waals surface area contributed by atoms with Crippen LogP contribution in [0.4, 0.5) is 5.69 Å². The first-order valence-corrected chi connectivity index (χ1v) is 12.5. The van der Waals surface area contributed by atoms with Crippen LogP contribution in [0.15, 0.2) is 89.0 Å². The number of aliphatic imine (C=N–C) groups is 1. The molecule has 1 N–H and O–H groups in total. The molecular formula is C28H26N4O2S. The van der Waals surface area contributed by atoms with Crippen molar-refractivity contribution in [3.8, 4) is 0 Å². The molecule has 0 spiro atoms. The number of aryl methyl sites for hydroxylation is 2. The molecule has 2 amide bonds. The van der Waals surface area contributed by atoms with Crippen LogP contribution in [0.3, 0.4) is 0 Å². The van der Waals surface area contributed by atoms with Gasteiger partial charge >= 0.3 is 0 Å². The first-order valence-electron chi connectivity index (χ1n) is 11.6. The monoisotopic (exact) mass is 482 g/mol. The molecule has 3 aromatic carbocycles. The van der Waals surface area contributed by atoms with E-state index in [1.54, 1.807) is 0 Å². The van der Waals surface area contributed by atoms with Gasteiger partial charge in [0, 0.05) is 18.5 Å². The summed E-state index contributed by atoms with van der Waals surface area (Å²) in [5.41, 5.74) is 6.14. The maximum absolute atomic E-state index is 12.7. The molecule has 35 heavy (non-hydrogen) atoms. The molecule has 0 radical (unpaired) electrons. The Morgan fingerprint density at radius 1 is 0.971 bits per heavy atom. The van der Waals surface area contributed by atoms with Crippen LogP contribution in [-0.2, 0) is 9.59 Å². The summed E-state index contributed by atoms with van der Waals surface area (Å²) in [6.45, 7) is 4.05. The molecule has 2 atom stereocenters. The number of hydrogen-bond acceptors (Lipinski definition) is 5. The molecule has 3 aromatic rings. The molecule has 0 saturated heterocycles. The van der Waals surface area contributed by atoms with Crippen molar-refractivity contribution >= 4 is 40.1 Å². The molecule has 7 heteroatoms. The van der Waals surface area contributed by atoms with Gasteiger partial charge in [0.25, 0.3) is 5.91 Å². The van der Waals surface area contributed by atoms with Crippen molar-refractivity contribution < 1.29 is 9.59 Å². The summed E-state index contributed by atoms with van der Waals surface area (Å²) in [5.74, 6) is -0.504. The Kier molecular flexibility index (Phi) is 6.51. The maximum atomic E-state index is 12.7. The lowest BCUT2D eigenvalue weighted by molar-refractivity contribution is -0.121. The molecule has 176 valence electrons.